The van der Waals surface area contributed by atoms with Crippen LogP contribution in [0.15, 0.2) is 29.3 Å². The number of hydrogen-bond acceptors (Lipinski definition) is 4. The quantitative estimate of drug-likeness (QED) is 0.581. The van der Waals surface area contributed by atoms with Gasteiger partial charge in [0.2, 0.25) is 0 Å². The van der Waals surface area contributed by atoms with Gasteiger partial charge in [0.1, 0.15) is 5.82 Å². The number of aliphatic imine (C=N–C) groups is 1. The Morgan fingerprint density at radius 1 is 0.897 bits per heavy atom. The van der Waals surface area contributed by atoms with Crippen LogP contribution in [0.5, 0.6) is 0 Å². The molecule has 1 aromatic heterocycles. The predicted molar refractivity (Wildman–Crippen MR) is 116 cm³/mol. The molecule has 0 spiro atoms. The minimum Gasteiger partial charge on any atom is -0.352 e. The molecule has 7 nitrogen and oxygen atoms in total. The third-order valence-corrected chi connectivity index (χ3v) is 5.91. The number of guanidine groups is 1. The van der Waals surface area contributed by atoms with Gasteiger partial charge in [0.05, 0.1) is 6.54 Å². The number of piperidine rings is 1. The Bertz CT molecular complexity index is 803. The SMILES string of the molecule is CN=C(NCc1ccc(CN2CCCCC2)cc1)NCc1nnc2n1CCCC2. The van der Waals surface area contributed by atoms with E-state index in [1.807, 2.05) is 0 Å². The first kappa shape index (κ1) is 19.9. The van der Waals surface area contributed by atoms with Gasteiger partial charge < -0.3 is 15.2 Å². The van der Waals surface area contributed by atoms with Crippen LogP contribution < -0.4 is 10.6 Å². The summed E-state index contributed by atoms with van der Waals surface area (Å²) >= 11 is 0. The largest absolute Gasteiger partial charge is 0.352 e. The predicted octanol–water partition coefficient (Wildman–Crippen LogP) is 2.47. The molecule has 2 aliphatic heterocycles. The average molecular weight is 396 g/mol. The van der Waals surface area contributed by atoms with Crippen molar-refractivity contribution >= 4 is 5.96 Å². The van der Waals surface area contributed by atoms with Gasteiger partial charge in [-0.15, -0.1) is 10.2 Å². The zero-order valence-electron chi connectivity index (χ0n) is 17.5. The van der Waals surface area contributed by atoms with Gasteiger partial charge in [-0.05, 0) is 49.9 Å². The molecule has 0 radical (unpaired) electrons. The number of rotatable bonds is 6. The maximum Gasteiger partial charge on any atom is 0.191 e. The minimum absolute atomic E-state index is 0.640. The van der Waals surface area contributed by atoms with Gasteiger partial charge in [-0.25, -0.2) is 0 Å². The summed E-state index contributed by atoms with van der Waals surface area (Å²) in [4.78, 5) is 6.90. The van der Waals surface area contributed by atoms with Crippen LogP contribution in [0.2, 0.25) is 0 Å². The molecule has 2 N–H and O–H groups in total. The highest BCUT2D eigenvalue weighted by molar-refractivity contribution is 5.79. The molecule has 0 amide bonds. The molecular formula is C22H33N7. The Labute approximate surface area is 173 Å². The molecular weight excluding hydrogens is 362 g/mol. The Morgan fingerprint density at radius 2 is 1.62 bits per heavy atom. The van der Waals surface area contributed by atoms with Crippen molar-refractivity contribution in [3.8, 4) is 0 Å². The summed E-state index contributed by atoms with van der Waals surface area (Å²) in [6.07, 6.45) is 7.52. The molecule has 7 heteroatoms. The first-order valence-corrected chi connectivity index (χ1v) is 11.0. The molecule has 4 rings (SSSR count). The first-order chi connectivity index (χ1) is 14.3. The minimum atomic E-state index is 0.640. The van der Waals surface area contributed by atoms with Crippen LogP contribution in [-0.2, 0) is 32.6 Å². The number of nitrogens with one attached hydrogen (secondary N) is 2. The smallest absolute Gasteiger partial charge is 0.191 e. The molecule has 2 aromatic rings. The topological polar surface area (TPSA) is 70.4 Å². The van der Waals surface area contributed by atoms with Gasteiger partial charge in [-0.1, -0.05) is 30.7 Å². The van der Waals surface area contributed by atoms with E-state index in [1.54, 1.807) is 7.05 Å². The lowest BCUT2D eigenvalue weighted by molar-refractivity contribution is 0.221. The van der Waals surface area contributed by atoms with Crippen molar-refractivity contribution in [1.82, 2.24) is 30.3 Å². The lowest BCUT2D eigenvalue weighted by atomic mass is 10.1. The maximum absolute atomic E-state index is 4.34. The highest BCUT2D eigenvalue weighted by Crippen LogP contribution is 2.15. The average Bonchev–Trinajstić information content (AvgIpc) is 3.19. The second kappa shape index (κ2) is 9.87. The molecule has 1 fully saturated rings. The highest BCUT2D eigenvalue weighted by Gasteiger charge is 2.15. The molecule has 1 saturated heterocycles. The second-order valence-corrected chi connectivity index (χ2v) is 8.07. The van der Waals surface area contributed by atoms with Crippen molar-refractivity contribution in [3.05, 3.63) is 47.0 Å². The number of hydrogen-bond donors (Lipinski definition) is 2. The van der Waals surface area contributed by atoms with E-state index in [4.69, 9.17) is 0 Å². The van der Waals surface area contributed by atoms with Gasteiger partial charge in [-0.3, -0.25) is 9.89 Å². The zero-order chi connectivity index (χ0) is 19.9. The fraction of sp³-hybridized carbons (Fsp3) is 0.591. The van der Waals surface area contributed by atoms with Gasteiger partial charge >= 0.3 is 0 Å². The molecule has 0 saturated carbocycles. The van der Waals surface area contributed by atoms with Crippen LogP contribution >= 0.6 is 0 Å². The molecule has 0 aliphatic carbocycles. The van der Waals surface area contributed by atoms with Crippen molar-refractivity contribution in [2.45, 2.75) is 64.7 Å². The lowest BCUT2D eigenvalue weighted by Gasteiger charge is -2.26. The normalized spacial score (nSPS) is 17.8. The number of benzene rings is 1. The monoisotopic (exact) mass is 395 g/mol. The molecule has 3 heterocycles. The van der Waals surface area contributed by atoms with Gasteiger partial charge in [-0.2, -0.15) is 0 Å². The van der Waals surface area contributed by atoms with Gasteiger partial charge in [0, 0.05) is 33.1 Å². The van der Waals surface area contributed by atoms with Crippen molar-refractivity contribution in [1.29, 1.82) is 0 Å². The fourth-order valence-corrected chi connectivity index (χ4v) is 4.21. The molecule has 2 aliphatic rings. The number of aromatic nitrogens is 3. The standard InChI is InChI=1S/C22H33N7/c1-23-22(25-16-21-27-26-20-7-3-6-14-29(20)21)24-15-18-8-10-19(11-9-18)17-28-12-4-2-5-13-28/h8-11H,2-7,12-17H2,1H3,(H2,23,24,25). The molecule has 0 unspecified atom stereocenters. The maximum atomic E-state index is 4.34. The van der Waals surface area contributed by atoms with E-state index < -0.39 is 0 Å². The molecule has 0 atom stereocenters. The summed E-state index contributed by atoms with van der Waals surface area (Å²) < 4.78 is 2.24. The van der Waals surface area contributed by atoms with Crippen LogP contribution in [-0.4, -0.2) is 45.8 Å². The Hall–Kier alpha value is -2.41. The van der Waals surface area contributed by atoms with Crippen molar-refractivity contribution in [2.75, 3.05) is 20.1 Å². The van der Waals surface area contributed by atoms with Crippen LogP contribution in [0.4, 0.5) is 0 Å². The summed E-state index contributed by atoms with van der Waals surface area (Å²) in [7, 11) is 1.80. The van der Waals surface area contributed by atoms with E-state index in [-0.39, 0.29) is 0 Å². The molecule has 156 valence electrons. The molecule has 0 bridgehead atoms. The zero-order valence-corrected chi connectivity index (χ0v) is 17.5. The third kappa shape index (κ3) is 5.35. The number of likely N-dealkylation sites (tertiary alicyclic amines) is 1. The fourth-order valence-electron chi connectivity index (χ4n) is 4.21. The summed E-state index contributed by atoms with van der Waals surface area (Å²) in [5, 5.41) is 15.4. The summed E-state index contributed by atoms with van der Waals surface area (Å²) in [5.41, 5.74) is 2.66. The Balaban J connectivity index is 1.24. The number of nitrogens with zero attached hydrogens (tertiary/aromatic N) is 5. The van der Waals surface area contributed by atoms with E-state index in [0.717, 1.165) is 43.7 Å². The van der Waals surface area contributed by atoms with Gasteiger partial charge in [0.15, 0.2) is 11.8 Å². The lowest BCUT2D eigenvalue weighted by Crippen LogP contribution is -2.37. The number of aryl methyl sites for hydroxylation is 1. The van der Waals surface area contributed by atoms with Crippen molar-refractivity contribution < 1.29 is 0 Å². The molecule has 1 aromatic carbocycles. The van der Waals surface area contributed by atoms with Crippen molar-refractivity contribution in [3.63, 3.8) is 0 Å². The van der Waals surface area contributed by atoms with E-state index in [1.165, 1.54) is 56.3 Å². The summed E-state index contributed by atoms with van der Waals surface area (Å²) in [5.74, 6) is 2.89. The Kier molecular flexibility index (Phi) is 6.77. The van der Waals surface area contributed by atoms with Crippen LogP contribution in [0.1, 0.15) is 54.9 Å². The van der Waals surface area contributed by atoms with E-state index in [9.17, 15) is 0 Å². The summed E-state index contributed by atoms with van der Waals surface area (Å²) in [6.45, 7) is 5.96. The van der Waals surface area contributed by atoms with Crippen LogP contribution in [0.25, 0.3) is 0 Å². The van der Waals surface area contributed by atoms with E-state index in [2.05, 4.69) is 59.6 Å². The van der Waals surface area contributed by atoms with Gasteiger partial charge in [0.25, 0.3) is 0 Å². The Morgan fingerprint density at radius 3 is 2.41 bits per heavy atom. The molecule has 29 heavy (non-hydrogen) atoms. The number of fused-ring (bicyclic) bond motifs is 1. The van der Waals surface area contributed by atoms with Crippen LogP contribution in [0, 0.1) is 0 Å². The van der Waals surface area contributed by atoms with E-state index >= 15 is 0 Å². The van der Waals surface area contributed by atoms with E-state index in [0.29, 0.717) is 6.54 Å². The van der Waals surface area contributed by atoms with Crippen LogP contribution in [0.3, 0.4) is 0 Å². The highest BCUT2D eigenvalue weighted by atomic mass is 15.3. The third-order valence-electron chi connectivity index (χ3n) is 5.91. The summed E-state index contributed by atoms with van der Waals surface area (Å²) in [6, 6.07) is 8.94. The first-order valence-electron chi connectivity index (χ1n) is 11.0. The second-order valence-electron chi connectivity index (χ2n) is 8.07. The van der Waals surface area contributed by atoms with Crippen molar-refractivity contribution in [2.24, 2.45) is 4.99 Å².